The van der Waals surface area contributed by atoms with Gasteiger partial charge in [0.05, 0.1) is 24.8 Å². The Morgan fingerprint density at radius 3 is 2.24 bits per heavy atom. The van der Waals surface area contributed by atoms with Crippen LogP contribution in [0, 0.1) is 0 Å². The van der Waals surface area contributed by atoms with E-state index < -0.39 is 35.4 Å². The van der Waals surface area contributed by atoms with Crippen LogP contribution >= 0.6 is 0 Å². The summed E-state index contributed by atoms with van der Waals surface area (Å²) in [5, 5.41) is 2.97. The van der Waals surface area contributed by atoms with E-state index in [2.05, 4.69) is 14.5 Å². The van der Waals surface area contributed by atoms with Gasteiger partial charge in [-0.15, -0.1) is 13.2 Å². The monoisotopic (exact) mass is 578 g/mol. The third-order valence-electron chi connectivity index (χ3n) is 6.02. The number of ether oxygens (including phenoxy) is 2. The number of hydroxylamine groups is 1. The molecular weight excluding hydrogens is 554 g/mol. The van der Waals surface area contributed by atoms with Crippen molar-refractivity contribution in [2.45, 2.75) is 38.8 Å². The summed E-state index contributed by atoms with van der Waals surface area (Å²) in [7, 11) is 0.973. The van der Waals surface area contributed by atoms with Crippen LogP contribution in [-0.2, 0) is 23.9 Å². The first-order valence-corrected chi connectivity index (χ1v) is 12.4. The largest absolute Gasteiger partial charge is 0.573 e. The normalized spacial score (nSPS) is 11.8. The molecule has 0 spiro atoms. The highest BCUT2D eigenvalue weighted by molar-refractivity contribution is 5.91. The lowest BCUT2D eigenvalue weighted by atomic mass is 10.0. The molecule has 0 saturated heterocycles. The Bertz CT molecular complexity index is 1520. The third-order valence-corrected chi connectivity index (χ3v) is 6.02. The van der Waals surface area contributed by atoms with Gasteiger partial charge in [-0.05, 0) is 47.7 Å². The van der Waals surface area contributed by atoms with Crippen molar-refractivity contribution in [2.75, 3.05) is 12.2 Å². The van der Waals surface area contributed by atoms with Gasteiger partial charge in [0.2, 0.25) is 0 Å². The molecule has 4 aromatic rings. The van der Waals surface area contributed by atoms with Gasteiger partial charge in [-0.3, -0.25) is 0 Å². The molecule has 0 atom stereocenters. The molecule has 4 rings (SSSR count). The number of alkyl halides is 6. The predicted octanol–water partition coefficient (Wildman–Crippen LogP) is 7.89. The number of carbonyl (C=O) groups is 1. The number of methoxy groups -OCH3 is 1. The fraction of sp³-hybridized carbons (Fsp3) is 0.241. The van der Waals surface area contributed by atoms with Crippen LogP contribution in [0.3, 0.4) is 0 Å². The molecule has 0 aliphatic heterocycles. The summed E-state index contributed by atoms with van der Waals surface area (Å²) in [4.78, 5) is 22.5. The number of aryl methyl sites for hydroxylation is 1. The Balaban J connectivity index is 1.79. The molecule has 0 fully saturated rings. The molecule has 0 radical (unpaired) electrons. The van der Waals surface area contributed by atoms with Gasteiger partial charge in [-0.1, -0.05) is 49.7 Å². The van der Waals surface area contributed by atoms with E-state index in [0.29, 0.717) is 30.3 Å². The number of hydrogen-bond acceptors (Lipinski definition) is 6. The second-order valence-corrected chi connectivity index (χ2v) is 8.91. The van der Waals surface area contributed by atoms with E-state index in [1.807, 2.05) is 31.2 Å². The Morgan fingerprint density at radius 2 is 1.61 bits per heavy atom. The van der Waals surface area contributed by atoms with Crippen molar-refractivity contribution in [3.8, 4) is 11.5 Å². The zero-order valence-corrected chi connectivity index (χ0v) is 21.8. The molecule has 216 valence electrons. The molecule has 0 aliphatic rings. The predicted molar refractivity (Wildman–Crippen MR) is 138 cm³/mol. The number of benzene rings is 3. The number of esters is 1. The van der Waals surface area contributed by atoms with E-state index in [9.17, 15) is 31.1 Å². The van der Waals surface area contributed by atoms with E-state index in [1.165, 1.54) is 23.3 Å². The average molecular weight is 579 g/mol. The molecule has 12 heteroatoms. The maximum atomic E-state index is 13.8. The third kappa shape index (κ3) is 7.19. The lowest BCUT2D eigenvalue weighted by Gasteiger charge is -2.27. The highest BCUT2D eigenvalue weighted by Gasteiger charge is 2.36. The van der Waals surface area contributed by atoms with Crippen LogP contribution in [0.5, 0.6) is 11.5 Å². The number of fused-ring (bicyclic) bond motifs is 1. The van der Waals surface area contributed by atoms with Gasteiger partial charge < -0.3 is 14.3 Å². The molecule has 41 heavy (non-hydrogen) atoms. The highest BCUT2D eigenvalue weighted by Crippen LogP contribution is 2.36. The van der Waals surface area contributed by atoms with Crippen LogP contribution in [-0.4, -0.2) is 24.4 Å². The first-order chi connectivity index (χ1) is 19.4. The summed E-state index contributed by atoms with van der Waals surface area (Å²) in [6, 6.07) is 15.3. The SMILES string of the molecule is CCCc1c(N(Cc2ccc(OC(F)(F)F)cc2)Oc2ccc(C(=O)OC)c(C(F)(F)F)c2)ncc2ccccc12. The van der Waals surface area contributed by atoms with Gasteiger partial charge in [0.1, 0.15) is 5.75 Å². The van der Waals surface area contributed by atoms with Gasteiger partial charge in [-0.2, -0.15) is 18.2 Å². The Hall–Kier alpha value is -4.48. The van der Waals surface area contributed by atoms with Crippen molar-refractivity contribution in [2.24, 2.45) is 0 Å². The van der Waals surface area contributed by atoms with Gasteiger partial charge in [0, 0.05) is 17.1 Å². The minimum absolute atomic E-state index is 0.103. The van der Waals surface area contributed by atoms with Crippen LogP contribution < -0.4 is 14.6 Å². The van der Waals surface area contributed by atoms with Gasteiger partial charge in [0.15, 0.2) is 11.6 Å². The fourth-order valence-corrected chi connectivity index (χ4v) is 4.27. The van der Waals surface area contributed by atoms with Gasteiger partial charge in [0.25, 0.3) is 0 Å². The number of hydrogen-bond donors (Lipinski definition) is 0. The van der Waals surface area contributed by atoms with Gasteiger partial charge in [-0.25, -0.2) is 9.78 Å². The van der Waals surface area contributed by atoms with Crippen molar-refractivity contribution in [1.29, 1.82) is 0 Å². The molecule has 0 unspecified atom stereocenters. The molecule has 1 heterocycles. The zero-order valence-electron chi connectivity index (χ0n) is 21.8. The number of pyridine rings is 1. The first kappa shape index (κ1) is 29.5. The zero-order chi connectivity index (χ0) is 29.8. The quantitative estimate of drug-likeness (QED) is 0.114. The number of anilines is 1. The Morgan fingerprint density at radius 1 is 0.927 bits per heavy atom. The molecule has 3 aromatic carbocycles. The van der Waals surface area contributed by atoms with Crippen molar-refractivity contribution in [3.63, 3.8) is 0 Å². The lowest BCUT2D eigenvalue weighted by Crippen LogP contribution is -2.29. The Kier molecular flexibility index (Phi) is 8.60. The molecule has 0 N–H and O–H groups in total. The van der Waals surface area contributed by atoms with E-state index >= 15 is 0 Å². The number of carbonyl (C=O) groups excluding carboxylic acids is 1. The Labute approximate surface area is 231 Å². The first-order valence-electron chi connectivity index (χ1n) is 12.4. The highest BCUT2D eigenvalue weighted by atomic mass is 19.4. The van der Waals surface area contributed by atoms with E-state index in [0.717, 1.165) is 41.6 Å². The maximum Gasteiger partial charge on any atom is 0.573 e. The molecular formula is C29H24F6N2O4. The standard InChI is InChI=1S/C29H24F6N2O4/c1-3-6-23-22-8-5-4-7-19(22)16-36-26(23)37(17-18-9-11-20(12-10-18)40-29(33,34)35)41-21-13-14-24(27(38)39-2)25(15-21)28(30,31)32/h4-5,7-16H,3,6,17H2,1-2H3. The summed E-state index contributed by atoms with van der Waals surface area (Å²) in [6.45, 7) is 1.85. The van der Waals surface area contributed by atoms with Crippen LogP contribution in [0.1, 0.15) is 40.4 Å². The van der Waals surface area contributed by atoms with Crippen LogP contribution in [0.25, 0.3) is 10.8 Å². The molecule has 0 bridgehead atoms. The topological polar surface area (TPSA) is 60.9 Å². The number of aromatic nitrogens is 1. The summed E-state index contributed by atoms with van der Waals surface area (Å²) in [6.07, 6.45) is -6.89. The number of halogens is 6. The smallest absolute Gasteiger partial charge is 0.465 e. The summed E-state index contributed by atoms with van der Waals surface area (Å²) in [5.74, 6) is -1.54. The second-order valence-electron chi connectivity index (χ2n) is 8.91. The molecule has 1 aromatic heterocycles. The number of rotatable bonds is 9. The second kappa shape index (κ2) is 11.9. The van der Waals surface area contributed by atoms with Crippen LogP contribution in [0.2, 0.25) is 0 Å². The molecule has 0 aliphatic carbocycles. The maximum absolute atomic E-state index is 13.8. The lowest BCUT2D eigenvalue weighted by molar-refractivity contribution is -0.274. The van der Waals surface area contributed by atoms with Crippen molar-refractivity contribution in [3.05, 3.63) is 95.2 Å². The average Bonchev–Trinajstić information content (AvgIpc) is 2.92. The molecule has 0 saturated carbocycles. The molecule has 0 amide bonds. The van der Waals surface area contributed by atoms with Crippen LogP contribution in [0.15, 0.2) is 72.9 Å². The van der Waals surface area contributed by atoms with E-state index in [1.54, 1.807) is 6.20 Å². The minimum Gasteiger partial charge on any atom is -0.465 e. The minimum atomic E-state index is -4.89. The van der Waals surface area contributed by atoms with Crippen molar-refractivity contribution < 1.29 is 45.4 Å². The van der Waals surface area contributed by atoms with Crippen molar-refractivity contribution >= 4 is 22.6 Å². The van der Waals surface area contributed by atoms with Crippen molar-refractivity contribution in [1.82, 2.24) is 4.98 Å². The summed E-state index contributed by atoms with van der Waals surface area (Å²) in [5.41, 5.74) is -0.714. The van der Waals surface area contributed by atoms with Gasteiger partial charge >= 0.3 is 18.5 Å². The van der Waals surface area contributed by atoms with Crippen LogP contribution in [0.4, 0.5) is 32.2 Å². The number of nitrogens with zero attached hydrogens (tertiary/aromatic N) is 2. The summed E-state index contributed by atoms with van der Waals surface area (Å²) >= 11 is 0. The molecule has 6 nitrogen and oxygen atoms in total. The summed E-state index contributed by atoms with van der Waals surface area (Å²) < 4.78 is 87.8. The van der Waals surface area contributed by atoms with E-state index in [-0.39, 0.29) is 12.3 Å². The fourth-order valence-electron chi connectivity index (χ4n) is 4.27. The van der Waals surface area contributed by atoms with E-state index in [4.69, 9.17) is 4.84 Å².